The minimum absolute atomic E-state index is 0.126. The summed E-state index contributed by atoms with van der Waals surface area (Å²) in [7, 11) is 1.57. The molecule has 0 aliphatic carbocycles. The summed E-state index contributed by atoms with van der Waals surface area (Å²) in [6.45, 7) is 6.55. The van der Waals surface area contributed by atoms with E-state index in [1.165, 1.54) is 18.2 Å². The van der Waals surface area contributed by atoms with Crippen molar-refractivity contribution in [2.24, 2.45) is 10.7 Å². The SMILES string of the molecule is C=c1/c(=C(/N)N=C(C)OCCOC)nc(Br)n1Cc1cc(C#N)ccc1F. The quantitative estimate of drug-likeness (QED) is 0.417. The number of halogens is 2. The van der Waals surface area contributed by atoms with E-state index in [0.29, 0.717) is 45.7 Å². The Morgan fingerprint density at radius 3 is 2.89 bits per heavy atom. The average Bonchev–Trinajstić information content (AvgIpc) is 2.92. The number of benzene rings is 1. The number of aliphatic imine (C=N–C) groups is 1. The summed E-state index contributed by atoms with van der Waals surface area (Å²) in [6.07, 6.45) is 0. The third-order valence-electron chi connectivity index (χ3n) is 3.65. The smallest absolute Gasteiger partial charge is 0.186 e. The lowest BCUT2D eigenvalue weighted by molar-refractivity contribution is 0.140. The van der Waals surface area contributed by atoms with Crippen LogP contribution in [-0.2, 0) is 16.0 Å². The van der Waals surface area contributed by atoms with Crippen LogP contribution in [0.5, 0.6) is 0 Å². The van der Waals surface area contributed by atoms with E-state index >= 15 is 0 Å². The number of hydrogen-bond donors (Lipinski definition) is 1. The van der Waals surface area contributed by atoms with E-state index in [1.54, 1.807) is 18.6 Å². The molecule has 1 aromatic heterocycles. The van der Waals surface area contributed by atoms with Gasteiger partial charge in [-0.05, 0) is 34.1 Å². The highest BCUT2D eigenvalue weighted by Gasteiger charge is 2.11. The van der Waals surface area contributed by atoms with Gasteiger partial charge in [-0.3, -0.25) is 0 Å². The molecule has 7 nitrogen and oxygen atoms in total. The largest absolute Gasteiger partial charge is 0.478 e. The number of hydrogen-bond acceptors (Lipinski definition) is 6. The van der Waals surface area contributed by atoms with Crippen LogP contribution in [0.4, 0.5) is 4.39 Å². The van der Waals surface area contributed by atoms with E-state index in [-0.39, 0.29) is 12.4 Å². The van der Waals surface area contributed by atoms with Gasteiger partial charge in [0.2, 0.25) is 0 Å². The minimum Gasteiger partial charge on any atom is -0.478 e. The predicted molar refractivity (Wildman–Crippen MR) is 103 cm³/mol. The van der Waals surface area contributed by atoms with Crippen LogP contribution in [-0.4, -0.2) is 35.8 Å². The monoisotopic (exact) mass is 435 g/mol. The van der Waals surface area contributed by atoms with Crippen molar-refractivity contribution < 1.29 is 13.9 Å². The van der Waals surface area contributed by atoms with Crippen LogP contribution < -0.4 is 16.4 Å². The van der Waals surface area contributed by atoms with E-state index in [2.05, 4.69) is 32.5 Å². The number of imidazole rings is 1. The topological polar surface area (TPSA) is 98.4 Å². The Hall–Kier alpha value is -2.70. The van der Waals surface area contributed by atoms with Crippen LogP contribution in [0.1, 0.15) is 18.1 Å². The molecular formula is C18H19BrFN5O2. The highest BCUT2D eigenvalue weighted by atomic mass is 79.9. The molecule has 0 atom stereocenters. The summed E-state index contributed by atoms with van der Waals surface area (Å²) in [5.41, 5.74) is 6.72. The van der Waals surface area contributed by atoms with Crippen molar-refractivity contribution in [3.8, 4) is 6.07 Å². The van der Waals surface area contributed by atoms with Crippen LogP contribution >= 0.6 is 15.9 Å². The molecule has 9 heteroatoms. The Bertz CT molecular complexity index is 1010. The lowest BCUT2D eigenvalue weighted by atomic mass is 10.1. The van der Waals surface area contributed by atoms with Gasteiger partial charge in [0.15, 0.2) is 16.5 Å². The van der Waals surface area contributed by atoms with Crippen LogP contribution in [0.3, 0.4) is 0 Å². The lowest BCUT2D eigenvalue weighted by Gasteiger charge is -2.06. The number of nitriles is 1. The lowest BCUT2D eigenvalue weighted by Crippen LogP contribution is -2.33. The van der Waals surface area contributed by atoms with E-state index in [1.807, 2.05) is 6.07 Å². The van der Waals surface area contributed by atoms with Gasteiger partial charge < -0.3 is 19.8 Å². The molecule has 0 saturated heterocycles. The first-order valence-electron chi connectivity index (χ1n) is 7.93. The third-order valence-corrected chi connectivity index (χ3v) is 4.25. The molecule has 0 bridgehead atoms. The van der Waals surface area contributed by atoms with Gasteiger partial charge in [-0.25, -0.2) is 9.37 Å². The fraction of sp³-hybridized carbons (Fsp3) is 0.278. The Morgan fingerprint density at radius 2 is 2.22 bits per heavy atom. The van der Waals surface area contributed by atoms with Crippen LogP contribution in [0.25, 0.3) is 12.4 Å². The first kappa shape index (κ1) is 20.6. The molecule has 0 aliphatic heterocycles. The number of ether oxygens (including phenoxy) is 2. The number of nitrogens with zero attached hydrogens (tertiary/aromatic N) is 4. The van der Waals surface area contributed by atoms with E-state index in [0.717, 1.165) is 0 Å². The van der Waals surface area contributed by atoms with Crippen LogP contribution in [0, 0.1) is 17.1 Å². The van der Waals surface area contributed by atoms with Gasteiger partial charge in [-0.1, -0.05) is 6.58 Å². The van der Waals surface area contributed by atoms with Crippen molar-refractivity contribution in [3.05, 3.63) is 50.6 Å². The first-order valence-corrected chi connectivity index (χ1v) is 8.73. The van der Waals surface area contributed by atoms with E-state index in [4.69, 9.17) is 20.5 Å². The van der Waals surface area contributed by atoms with Gasteiger partial charge >= 0.3 is 0 Å². The molecule has 0 saturated carbocycles. The zero-order valence-electron chi connectivity index (χ0n) is 15.0. The number of nitrogens with two attached hydrogens (primary N) is 1. The molecule has 1 aromatic carbocycles. The number of rotatable bonds is 6. The predicted octanol–water partition coefficient (Wildman–Crippen LogP) is 1.22. The Morgan fingerprint density at radius 1 is 1.48 bits per heavy atom. The summed E-state index contributed by atoms with van der Waals surface area (Å²) in [5.74, 6) is 0.0657. The third kappa shape index (κ3) is 5.15. The highest BCUT2D eigenvalue weighted by molar-refractivity contribution is 9.10. The zero-order chi connectivity index (χ0) is 20.0. The summed E-state index contributed by atoms with van der Waals surface area (Å²) in [6, 6.07) is 6.16. The summed E-state index contributed by atoms with van der Waals surface area (Å²) in [4.78, 5) is 8.47. The van der Waals surface area contributed by atoms with Crippen molar-refractivity contribution in [1.82, 2.24) is 9.55 Å². The van der Waals surface area contributed by atoms with Crippen LogP contribution in [0.2, 0.25) is 0 Å². The van der Waals surface area contributed by atoms with Gasteiger partial charge in [0, 0.05) is 19.6 Å². The molecular weight excluding hydrogens is 417 g/mol. The van der Waals surface area contributed by atoms with E-state index < -0.39 is 5.82 Å². The van der Waals surface area contributed by atoms with Crippen molar-refractivity contribution in [2.75, 3.05) is 20.3 Å². The Labute approximate surface area is 164 Å². The normalized spacial score (nSPS) is 12.6. The molecule has 2 N–H and O–H groups in total. The van der Waals surface area contributed by atoms with E-state index in [9.17, 15) is 4.39 Å². The highest BCUT2D eigenvalue weighted by Crippen LogP contribution is 2.13. The fourth-order valence-corrected chi connectivity index (χ4v) is 2.80. The van der Waals surface area contributed by atoms with Gasteiger partial charge in [-0.15, -0.1) is 0 Å². The zero-order valence-corrected chi connectivity index (χ0v) is 16.6. The van der Waals surface area contributed by atoms with Crippen molar-refractivity contribution in [1.29, 1.82) is 5.26 Å². The summed E-state index contributed by atoms with van der Waals surface area (Å²) < 4.78 is 26.4. The summed E-state index contributed by atoms with van der Waals surface area (Å²) >= 11 is 3.33. The second-order valence-corrected chi connectivity index (χ2v) is 6.25. The molecule has 2 aromatic rings. The number of methoxy groups -OCH3 is 1. The Kier molecular flexibility index (Phi) is 7.10. The molecule has 27 heavy (non-hydrogen) atoms. The van der Waals surface area contributed by atoms with Crippen molar-refractivity contribution in [3.63, 3.8) is 0 Å². The molecule has 0 unspecified atom stereocenters. The molecule has 0 fully saturated rings. The van der Waals surface area contributed by atoms with Gasteiger partial charge in [0.05, 0.1) is 30.1 Å². The summed E-state index contributed by atoms with van der Waals surface area (Å²) in [5, 5.41) is 9.81. The molecule has 2 rings (SSSR count). The van der Waals surface area contributed by atoms with Gasteiger partial charge in [-0.2, -0.15) is 10.3 Å². The maximum atomic E-state index is 14.1. The first-order chi connectivity index (χ1) is 12.9. The minimum atomic E-state index is -0.423. The maximum Gasteiger partial charge on any atom is 0.186 e. The van der Waals surface area contributed by atoms with Gasteiger partial charge in [0.25, 0.3) is 0 Å². The molecule has 0 aliphatic rings. The van der Waals surface area contributed by atoms with Gasteiger partial charge in [0.1, 0.15) is 17.8 Å². The number of aromatic nitrogens is 2. The van der Waals surface area contributed by atoms with Crippen molar-refractivity contribution in [2.45, 2.75) is 13.5 Å². The fourth-order valence-electron chi connectivity index (χ4n) is 2.29. The van der Waals surface area contributed by atoms with Crippen molar-refractivity contribution >= 4 is 34.2 Å². The molecule has 0 radical (unpaired) electrons. The second-order valence-electron chi connectivity index (χ2n) is 5.54. The standard InChI is InChI=1S/C18H19BrFN5O2/c1-11-16(17(22)23-12(2)27-7-6-26-3)24-18(19)25(11)10-14-8-13(9-21)4-5-15(14)20/h4-5,8H,1,6-7,10,22H2,2-3H3/b17-16+,23-12?. The average molecular weight is 436 g/mol. The molecule has 142 valence electrons. The molecule has 0 spiro atoms. The molecule has 0 amide bonds. The molecule has 1 heterocycles. The second kappa shape index (κ2) is 9.30. The maximum absolute atomic E-state index is 14.1. The van der Waals surface area contributed by atoms with Crippen LogP contribution in [0.15, 0.2) is 27.9 Å². The Balaban J connectivity index is 2.38.